The molecule has 0 atom stereocenters. The molecule has 6 nitrogen and oxygen atoms in total. The molecule has 0 spiro atoms. The summed E-state index contributed by atoms with van der Waals surface area (Å²) in [5.74, 6) is -0.991. The predicted octanol–water partition coefficient (Wildman–Crippen LogP) is 13.7. The highest BCUT2D eigenvalue weighted by molar-refractivity contribution is 9.11. The fourth-order valence-corrected chi connectivity index (χ4v) is 5.65. The van der Waals surface area contributed by atoms with Crippen LogP contribution in [0.5, 0.6) is 0 Å². The van der Waals surface area contributed by atoms with Gasteiger partial charge in [-0.1, -0.05) is 147 Å². The quantitative estimate of drug-likeness (QED) is 0.0769. The van der Waals surface area contributed by atoms with E-state index in [4.69, 9.17) is 56.2 Å². The van der Waals surface area contributed by atoms with E-state index < -0.39 is 15.9 Å². The predicted molar refractivity (Wildman–Crippen MR) is 240 cm³/mol. The zero-order valence-corrected chi connectivity index (χ0v) is 36.6. The van der Waals surface area contributed by atoms with E-state index in [9.17, 15) is 9.59 Å². The average molecular weight is 1040 g/mol. The number of Topliss-reactive ketones (excluding diaryl/α,β-unsaturated/α-hetero) is 2. The minimum Gasteiger partial charge on any atom is -1.00 e. The second-order valence-electron chi connectivity index (χ2n) is 11.0. The number of rotatable bonds is 5. The highest BCUT2D eigenvalue weighted by Gasteiger charge is 2.18. The third kappa shape index (κ3) is 13.3. The normalized spacial score (nSPS) is 10.2. The number of hydrogen-bond acceptors (Lipinski definition) is 6. The molecule has 13 heteroatoms. The summed E-state index contributed by atoms with van der Waals surface area (Å²) >= 11 is 28.0. The molecule has 54 heavy (non-hydrogen) atoms. The van der Waals surface area contributed by atoms with E-state index >= 15 is 0 Å². The van der Waals surface area contributed by atoms with Crippen LogP contribution in [0.3, 0.4) is 0 Å². The number of carbonyl (C=O) groups excluding carboxylic acids is 2. The first-order valence-electron chi connectivity index (χ1n) is 15.7. The largest absolute Gasteiger partial charge is 1.00 e. The van der Waals surface area contributed by atoms with Crippen molar-refractivity contribution in [3.05, 3.63) is 175 Å². The number of benzene rings is 6. The van der Waals surface area contributed by atoms with Crippen LogP contribution in [0, 0.1) is 0 Å². The Kier molecular flexibility index (Phi) is 17.1. The molecule has 1 heterocycles. The van der Waals surface area contributed by atoms with Gasteiger partial charge in [-0.25, -0.2) is 9.97 Å². The Morgan fingerprint density at radius 1 is 0.463 bits per heavy atom. The number of alkyl halides is 3. The van der Waals surface area contributed by atoms with Gasteiger partial charge in [0, 0.05) is 40.1 Å². The fourth-order valence-electron chi connectivity index (χ4n) is 4.59. The summed E-state index contributed by atoms with van der Waals surface area (Å²) in [6.07, 6.45) is 0. The monoisotopic (exact) mass is 1030 g/mol. The first-order valence-corrected chi connectivity index (χ1v) is 20.2. The maximum atomic E-state index is 12.0. The van der Waals surface area contributed by atoms with E-state index in [0.29, 0.717) is 22.5 Å². The second kappa shape index (κ2) is 21.5. The summed E-state index contributed by atoms with van der Waals surface area (Å²) in [5.41, 5.74) is 18.6. The number of aromatic nitrogens is 2. The summed E-state index contributed by atoms with van der Waals surface area (Å²) in [5, 5.41) is 0. The molecule has 1 aromatic heterocycles. The van der Waals surface area contributed by atoms with E-state index in [0.717, 1.165) is 51.4 Å². The van der Waals surface area contributed by atoms with Gasteiger partial charge in [-0.2, -0.15) is 0 Å². The van der Waals surface area contributed by atoms with Gasteiger partial charge < -0.3 is 12.9 Å². The van der Waals surface area contributed by atoms with Crippen molar-refractivity contribution in [2.75, 3.05) is 11.5 Å². The van der Waals surface area contributed by atoms with Gasteiger partial charge in [0.2, 0.25) is 11.6 Å². The number of para-hydroxylation sites is 4. The lowest BCUT2D eigenvalue weighted by Gasteiger charge is -2.11. The van der Waals surface area contributed by atoms with Crippen LogP contribution in [-0.4, -0.2) is 25.8 Å². The standard InChI is InChI=1S/C20H12Br2N2.C14H8Br2O2.C6H8N2.CHCl3.H/c21-15-9-5-13(6-10-15)19-20(14-7-11-16(22)12-8-14)24-18-4-2-1-3-17(18)23-19;15-11-5-1-9(2-6-11)13(17)14(18)10-3-7-12(16)8-4-10;7-5-3-1-2-4-6(5)8;2-1(3)4;/h1-12H;1-8H;1-4H,7-8H2;1H;/q;;;;-1/i;;;;1+1. The molecule has 6 aromatic carbocycles. The summed E-state index contributed by atoms with van der Waals surface area (Å²) in [7, 11) is 0. The zero-order chi connectivity index (χ0) is 39.2. The summed E-state index contributed by atoms with van der Waals surface area (Å²) < 4.78 is 3.08. The molecule has 0 radical (unpaired) electrons. The molecule has 7 rings (SSSR count). The number of nitrogen functional groups attached to an aromatic ring is 2. The maximum Gasteiger partial charge on any atom is 0.233 e. The fraction of sp³-hybridized carbons (Fsp3) is 0.0244. The van der Waals surface area contributed by atoms with Crippen LogP contribution in [0.4, 0.5) is 11.4 Å². The van der Waals surface area contributed by atoms with Gasteiger partial charge in [0.1, 0.15) is 0 Å². The van der Waals surface area contributed by atoms with Crippen LogP contribution in [-0.2, 0) is 0 Å². The van der Waals surface area contributed by atoms with Crippen molar-refractivity contribution in [1.82, 2.24) is 9.97 Å². The number of ketones is 2. The minimum atomic E-state index is -0.750. The Bertz CT molecular complexity index is 2160. The number of nitrogens with two attached hydrogens (primary N) is 2. The number of fused-ring (bicyclic) bond motifs is 1. The van der Waals surface area contributed by atoms with Crippen molar-refractivity contribution in [2.45, 2.75) is 4.30 Å². The minimum absolute atomic E-state index is 0. The molecule has 0 unspecified atom stereocenters. The summed E-state index contributed by atoms with van der Waals surface area (Å²) in [4.78, 5) is 33.7. The molecule has 0 aliphatic rings. The molecule has 276 valence electrons. The lowest BCUT2D eigenvalue weighted by Crippen LogP contribution is -2.14. The van der Waals surface area contributed by atoms with Crippen LogP contribution in [0.15, 0.2) is 163 Å². The lowest BCUT2D eigenvalue weighted by atomic mass is 10.0. The molecule has 0 aliphatic heterocycles. The Morgan fingerprint density at radius 3 is 1.00 bits per heavy atom. The number of carbonyl (C=O) groups is 2. The Balaban J connectivity index is 0.000000230. The van der Waals surface area contributed by atoms with Crippen LogP contribution < -0.4 is 11.5 Å². The Labute approximate surface area is 363 Å². The van der Waals surface area contributed by atoms with E-state index in [1.165, 1.54) is 0 Å². The Morgan fingerprint density at radius 2 is 0.722 bits per heavy atom. The highest BCUT2D eigenvalue weighted by Crippen LogP contribution is 2.32. The molecule has 0 fully saturated rings. The molecule has 0 saturated carbocycles. The topological polar surface area (TPSA) is 112 Å². The van der Waals surface area contributed by atoms with Gasteiger partial charge in [0.05, 0.1) is 33.8 Å². The van der Waals surface area contributed by atoms with Gasteiger partial charge in [0.15, 0.2) is 4.30 Å². The molecule has 0 saturated heterocycles. The summed E-state index contributed by atoms with van der Waals surface area (Å²) in [6, 6.07) is 45.0. The van der Waals surface area contributed by atoms with Crippen molar-refractivity contribution < 1.29 is 11.0 Å². The van der Waals surface area contributed by atoms with Crippen molar-refractivity contribution in [2.24, 2.45) is 0 Å². The van der Waals surface area contributed by atoms with Gasteiger partial charge >= 0.3 is 0 Å². The first-order chi connectivity index (χ1) is 25.8. The smallest absolute Gasteiger partial charge is 0.233 e. The van der Waals surface area contributed by atoms with Gasteiger partial charge in [-0.3, -0.25) is 9.59 Å². The molecule has 0 amide bonds. The van der Waals surface area contributed by atoms with Crippen LogP contribution in [0.25, 0.3) is 33.5 Å². The van der Waals surface area contributed by atoms with Crippen LogP contribution >= 0.6 is 98.5 Å². The molecule has 4 N–H and O–H groups in total. The highest BCUT2D eigenvalue weighted by atomic mass is 79.9. The van der Waals surface area contributed by atoms with Crippen LogP contribution in [0.1, 0.15) is 22.1 Å². The second-order valence-corrected chi connectivity index (χ2v) is 16.6. The van der Waals surface area contributed by atoms with Crippen molar-refractivity contribution in [3.8, 4) is 22.5 Å². The van der Waals surface area contributed by atoms with Gasteiger partial charge in [-0.15, -0.1) is 0 Å². The lowest BCUT2D eigenvalue weighted by molar-refractivity contribution is 0.0817. The molecule has 0 bridgehead atoms. The first kappa shape index (κ1) is 43.1. The zero-order valence-electron chi connectivity index (χ0n) is 28.9. The third-order valence-electron chi connectivity index (χ3n) is 7.22. The van der Waals surface area contributed by atoms with Gasteiger partial charge in [0.25, 0.3) is 0 Å². The van der Waals surface area contributed by atoms with E-state index in [2.05, 4.69) is 88.0 Å². The molecule has 0 aliphatic carbocycles. The van der Waals surface area contributed by atoms with Crippen molar-refractivity contribution >= 4 is 132 Å². The van der Waals surface area contributed by atoms with Crippen LogP contribution in [0.2, 0.25) is 0 Å². The molecular formula is C41H30Br4Cl3N4O2-. The Hall–Kier alpha value is -3.61. The summed E-state index contributed by atoms with van der Waals surface area (Å²) in [6.45, 7) is 0. The molecular weight excluding hydrogens is 1010 g/mol. The van der Waals surface area contributed by atoms with Crippen molar-refractivity contribution in [1.29, 1.82) is 0 Å². The third-order valence-corrected chi connectivity index (χ3v) is 9.34. The van der Waals surface area contributed by atoms with E-state index in [1.54, 1.807) is 60.7 Å². The number of anilines is 2. The number of nitrogens with zero attached hydrogens (tertiary/aromatic N) is 2. The van der Waals surface area contributed by atoms with Crippen molar-refractivity contribution in [3.63, 3.8) is 0 Å². The average Bonchev–Trinajstić information content (AvgIpc) is 3.16. The van der Waals surface area contributed by atoms with E-state index in [1.807, 2.05) is 60.7 Å². The maximum absolute atomic E-state index is 12.0. The molecule has 7 aromatic rings. The van der Waals surface area contributed by atoms with E-state index in [-0.39, 0.29) is 1.43 Å². The number of halogens is 7. The SMILES string of the molecule is Brc1ccc(-c2nc3ccccc3nc2-c2ccc(Br)cc2)cc1.ClC(Cl)Cl.Nc1ccccc1N.O=C(C(=O)c1ccc(Br)cc1)c1ccc(Br)cc1.[2H-]. The number of hydrogen-bond donors (Lipinski definition) is 2. The van der Waals surface area contributed by atoms with Gasteiger partial charge in [-0.05, 0) is 97.1 Å².